The van der Waals surface area contributed by atoms with Gasteiger partial charge in [0.25, 0.3) is 0 Å². The lowest BCUT2D eigenvalue weighted by Gasteiger charge is -2.06. The van der Waals surface area contributed by atoms with Gasteiger partial charge in [0, 0.05) is 0 Å². The highest BCUT2D eigenvalue weighted by Crippen LogP contribution is 2.18. The van der Waals surface area contributed by atoms with E-state index in [-0.39, 0.29) is 18.0 Å². The summed E-state index contributed by atoms with van der Waals surface area (Å²) >= 11 is 1.05. The molecule has 2 aromatic carbocycles. The number of H-pyrrole nitrogens is 1. The van der Waals surface area contributed by atoms with Crippen LogP contribution in [0.1, 0.15) is 11.4 Å². The van der Waals surface area contributed by atoms with E-state index in [2.05, 4.69) is 25.8 Å². The molecule has 150 valence electrons. The molecule has 0 saturated heterocycles. The van der Waals surface area contributed by atoms with Crippen LogP contribution in [0, 0.1) is 12.7 Å². The van der Waals surface area contributed by atoms with Crippen LogP contribution in [0.25, 0.3) is 0 Å². The molecule has 0 aliphatic carbocycles. The summed E-state index contributed by atoms with van der Waals surface area (Å²) in [6, 6.07) is 12.5. The first-order valence-corrected chi connectivity index (χ1v) is 9.57. The molecule has 0 radical (unpaired) electrons. The minimum Gasteiger partial charge on any atom is -0.485 e. The lowest BCUT2D eigenvalue weighted by atomic mass is 10.2. The fourth-order valence-corrected chi connectivity index (χ4v) is 2.90. The Morgan fingerprint density at radius 2 is 1.93 bits per heavy atom. The van der Waals surface area contributed by atoms with E-state index < -0.39 is 17.8 Å². The third kappa shape index (κ3) is 6.04. The van der Waals surface area contributed by atoms with E-state index in [9.17, 15) is 14.0 Å². The molecule has 1 aromatic heterocycles. The van der Waals surface area contributed by atoms with Gasteiger partial charge in [-0.25, -0.2) is 14.2 Å². The minimum atomic E-state index is -0.817. The van der Waals surface area contributed by atoms with E-state index in [1.54, 1.807) is 6.07 Å². The monoisotopic (exact) mass is 415 g/mol. The van der Waals surface area contributed by atoms with Crippen LogP contribution in [0.3, 0.4) is 0 Å². The molecule has 3 rings (SSSR count). The zero-order chi connectivity index (χ0) is 20.6. The molecule has 0 aliphatic heterocycles. The van der Waals surface area contributed by atoms with Gasteiger partial charge in [-0.3, -0.25) is 15.2 Å². The second-order valence-corrected chi connectivity index (χ2v) is 6.83. The SMILES string of the molecule is Cc1ccccc1OCc1nc(SCC(=O)NC(=O)Nc2ccccc2F)n[nH]1. The first kappa shape index (κ1) is 20.3. The fourth-order valence-electron chi connectivity index (χ4n) is 2.28. The molecule has 0 bridgehead atoms. The number of carbonyl (C=O) groups excluding carboxylic acids is 2. The number of imide groups is 1. The van der Waals surface area contributed by atoms with Crippen molar-refractivity contribution in [1.82, 2.24) is 20.5 Å². The van der Waals surface area contributed by atoms with Crippen molar-refractivity contribution in [3.05, 3.63) is 65.7 Å². The van der Waals surface area contributed by atoms with Crippen LogP contribution in [-0.4, -0.2) is 32.9 Å². The molecule has 10 heteroatoms. The van der Waals surface area contributed by atoms with Gasteiger partial charge in [-0.2, -0.15) is 0 Å². The third-order valence-corrected chi connectivity index (χ3v) is 4.52. The molecule has 0 atom stereocenters. The van der Waals surface area contributed by atoms with Crippen molar-refractivity contribution in [2.45, 2.75) is 18.7 Å². The molecule has 3 aromatic rings. The normalized spacial score (nSPS) is 10.4. The zero-order valence-corrected chi connectivity index (χ0v) is 16.3. The summed E-state index contributed by atoms with van der Waals surface area (Å²) in [6.45, 7) is 2.15. The van der Waals surface area contributed by atoms with Crippen LogP contribution in [0.4, 0.5) is 14.9 Å². The smallest absolute Gasteiger partial charge is 0.325 e. The number of aromatic amines is 1. The predicted octanol–water partition coefficient (Wildman–Crippen LogP) is 3.27. The second-order valence-electron chi connectivity index (χ2n) is 5.89. The van der Waals surface area contributed by atoms with E-state index in [1.165, 1.54) is 18.2 Å². The maximum absolute atomic E-state index is 13.5. The topological polar surface area (TPSA) is 109 Å². The molecule has 29 heavy (non-hydrogen) atoms. The van der Waals surface area contributed by atoms with Gasteiger partial charge in [0.15, 0.2) is 5.82 Å². The molecule has 0 fully saturated rings. The second kappa shape index (κ2) is 9.69. The summed E-state index contributed by atoms with van der Waals surface area (Å²) in [5.41, 5.74) is 0.990. The first-order chi connectivity index (χ1) is 14.0. The van der Waals surface area contributed by atoms with Gasteiger partial charge >= 0.3 is 6.03 Å². The fraction of sp³-hybridized carbons (Fsp3) is 0.158. The Bertz CT molecular complexity index is 1010. The van der Waals surface area contributed by atoms with E-state index in [0.29, 0.717) is 11.0 Å². The van der Waals surface area contributed by atoms with Gasteiger partial charge in [0.1, 0.15) is 18.2 Å². The van der Waals surface area contributed by atoms with Crippen molar-refractivity contribution >= 4 is 29.4 Å². The summed E-state index contributed by atoms with van der Waals surface area (Å²) < 4.78 is 19.2. The van der Waals surface area contributed by atoms with Crippen molar-refractivity contribution < 1.29 is 18.7 Å². The lowest BCUT2D eigenvalue weighted by Crippen LogP contribution is -2.35. The molecule has 3 amide bonds. The third-order valence-electron chi connectivity index (χ3n) is 3.68. The molecular weight excluding hydrogens is 397 g/mol. The maximum atomic E-state index is 13.5. The van der Waals surface area contributed by atoms with E-state index in [4.69, 9.17) is 4.74 Å². The number of aromatic nitrogens is 3. The lowest BCUT2D eigenvalue weighted by molar-refractivity contribution is -0.117. The quantitative estimate of drug-likeness (QED) is 0.511. The number of carbonyl (C=O) groups is 2. The number of aryl methyl sites for hydroxylation is 1. The van der Waals surface area contributed by atoms with Crippen LogP contribution >= 0.6 is 11.8 Å². The molecule has 1 heterocycles. The zero-order valence-electron chi connectivity index (χ0n) is 15.4. The van der Waals surface area contributed by atoms with E-state index in [1.807, 2.05) is 31.2 Å². The molecule has 0 spiro atoms. The van der Waals surface area contributed by atoms with Crippen LogP contribution in [0.15, 0.2) is 53.7 Å². The maximum Gasteiger partial charge on any atom is 0.325 e. The van der Waals surface area contributed by atoms with Gasteiger partial charge in [0.05, 0.1) is 11.4 Å². The number of anilines is 1. The molecule has 8 nitrogen and oxygen atoms in total. The highest BCUT2D eigenvalue weighted by atomic mass is 32.2. The highest BCUT2D eigenvalue weighted by molar-refractivity contribution is 7.99. The number of hydrogen-bond acceptors (Lipinski definition) is 6. The van der Waals surface area contributed by atoms with Crippen LogP contribution in [0.5, 0.6) is 5.75 Å². The van der Waals surface area contributed by atoms with Crippen molar-refractivity contribution in [2.75, 3.05) is 11.1 Å². The van der Waals surface area contributed by atoms with Crippen LogP contribution < -0.4 is 15.4 Å². The van der Waals surface area contributed by atoms with Crippen LogP contribution in [-0.2, 0) is 11.4 Å². The first-order valence-electron chi connectivity index (χ1n) is 8.59. The van der Waals surface area contributed by atoms with Gasteiger partial charge in [-0.15, -0.1) is 5.10 Å². The number of nitrogens with zero attached hydrogens (tertiary/aromatic N) is 2. The molecular formula is C19H18FN5O3S. The summed E-state index contributed by atoms with van der Waals surface area (Å²) in [6.07, 6.45) is 0. The molecule has 0 aliphatic rings. The van der Waals surface area contributed by atoms with Crippen molar-refractivity contribution in [3.8, 4) is 5.75 Å². The summed E-state index contributed by atoms with van der Waals surface area (Å²) in [5.74, 6) is 0.0180. The Morgan fingerprint density at radius 1 is 1.17 bits per heavy atom. The number of amides is 3. The summed E-state index contributed by atoms with van der Waals surface area (Å²) in [4.78, 5) is 27.9. The largest absolute Gasteiger partial charge is 0.485 e. The van der Waals surface area contributed by atoms with Gasteiger partial charge < -0.3 is 10.1 Å². The van der Waals surface area contributed by atoms with E-state index >= 15 is 0 Å². The number of nitrogens with one attached hydrogen (secondary N) is 3. The number of benzene rings is 2. The van der Waals surface area contributed by atoms with Crippen molar-refractivity contribution in [1.29, 1.82) is 0 Å². The highest BCUT2D eigenvalue weighted by Gasteiger charge is 2.12. The average molecular weight is 415 g/mol. The average Bonchev–Trinajstić information content (AvgIpc) is 3.15. The number of hydrogen-bond donors (Lipinski definition) is 3. The van der Waals surface area contributed by atoms with Crippen molar-refractivity contribution in [2.24, 2.45) is 0 Å². The minimum absolute atomic E-state index is 0.0160. The number of ether oxygens (including phenoxy) is 1. The predicted molar refractivity (Wildman–Crippen MR) is 106 cm³/mol. The Labute approximate surface area is 170 Å². The van der Waals surface area contributed by atoms with E-state index in [0.717, 1.165) is 23.1 Å². The van der Waals surface area contributed by atoms with Crippen LogP contribution in [0.2, 0.25) is 0 Å². The Morgan fingerprint density at radius 3 is 2.72 bits per heavy atom. The Balaban J connectivity index is 1.43. The van der Waals surface area contributed by atoms with Gasteiger partial charge in [-0.05, 0) is 30.7 Å². The molecule has 3 N–H and O–H groups in total. The Hall–Kier alpha value is -3.40. The number of rotatable bonds is 7. The summed E-state index contributed by atoms with van der Waals surface area (Å²) in [5, 5.41) is 11.5. The number of halogens is 1. The van der Waals surface area contributed by atoms with Gasteiger partial charge in [-0.1, -0.05) is 42.1 Å². The van der Waals surface area contributed by atoms with Crippen molar-refractivity contribution in [3.63, 3.8) is 0 Å². The number of para-hydroxylation sites is 2. The number of thioether (sulfide) groups is 1. The number of urea groups is 1. The standard InChI is InChI=1S/C19H18FN5O3S/c1-12-6-2-5-9-15(12)28-10-16-22-19(25-24-16)29-11-17(26)23-18(27)21-14-8-4-3-7-13(14)20/h2-9H,10-11H2,1H3,(H,22,24,25)(H2,21,23,26,27). The summed E-state index contributed by atoms with van der Waals surface area (Å²) in [7, 11) is 0. The van der Waals surface area contributed by atoms with Gasteiger partial charge in [0.2, 0.25) is 11.1 Å². The molecule has 0 saturated carbocycles. The Kier molecular flexibility index (Phi) is 6.80. The molecule has 0 unspecified atom stereocenters.